The van der Waals surface area contributed by atoms with Crippen molar-refractivity contribution >= 4 is 17.9 Å². The van der Waals surface area contributed by atoms with E-state index in [2.05, 4.69) is 142 Å². The molecule has 0 heterocycles. The summed E-state index contributed by atoms with van der Waals surface area (Å²) in [4.78, 5) is 38.1. The highest BCUT2D eigenvalue weighted by molar-refractivity contribution is 5.71. The number of carbonyl (C=O) groups is 3. The first-order valence-electron chi connectivity index (χ1n) is 35.0. The molecular formula is C77H130O6. The van der Waals surface area contributed by atoms with Gasteiger partial charge in [-0.2, -0.15) is 0 Å². The second-order valence-corrected chi connectivity index (χ2v) is 23.1. The van der Waals surface area contributed by atoms with Gasteiger partial charge in [0, 0.05) is 19.3 Å². The van der Waals surface area contributed by atoms with Gasteiger partial charge in [0.25, 0.3) is 0 Å². The standard InChI is InChI=1S/C77H130O6/c1-4-7-10-13-16-18-20-22-24-26-28-30-32-34-36-37-38-39-40-41-42-44-45-47-49-51-53-55-57-59-61-64-67-70-76(79)82-73-74(72-81-75(78)69-66-63-15-12-9-6-3)83-77(80)71-68-65-62-60-58-56-54-52-50-48-46-43-35-33-31-29-27-25-23-21-19-17-14-11-8-5-2/h7,10,16,18,22,24,28,30,34,36,38-39,41-42,45,47,51,53,57,59,74H,4-6,8-9,11-15,17,19-21,23,25-27,29,31-33,35,37,40,43-44,46,48-50,52,54-56,58,60-73H2,1-3H3/b10-7-,18-16-,24-22-,30-28-,36-34-,39-38-,42-41-,47-45-,53-51-,59-57-. The number of rotatable bonds is 63. The zero-order valence-electron chi connectivity index (χ0n) is 54.4. The van der Waals surface area contributed by atoms with Gasteiger partial charge in [-0.05, 0) is 96.3 Å². The lowest BCUT2D eigenvalue weighted by Crippen LogP contribution is -2.30. The molecule has 0 spiro atoms. The lowest BCUT2D eigenvalue weighted by molar-refractivity contribution is -0.167. The van der Waals surface area contributed by atoms with Gasteiger partial charge >= 0.3 is 17.9 Å². The van der Waals surface area contributed by atoms with Crippen LogP contribution < -0.4 is 0 Å². The molecule has 474 valence electrons. The van der Waals surface area contributed by atoms with Crippen molar-refractivity contribution in [3.63, 3.8) is 0 Å². The highest BCUT2D eigenvalue weighted by atomic mass is 16.6. The van der Waals surface area contributed by atoms with Crippen molar-refractivity contribution in [2.45, 2.75) is 335 Å². The zero-order valence-corrected chi connectivity index (χ0v) is 54.4. The molecule has 83 heavy (non-hydrogen) atoms. The number of hydrogen-bond donors (Lipinski definition) is 0. The van der Waals surface area contributed by atoms with Crippen LogP contribution in [0.25, 0.3) is 0 Å². The highest BCUT2D eigenvalue weighted by Crippen LogP contribution is 2.17. The molecule has 0 aliphatic rings. The van der Waals surface area contributed by atoms with Crippen LogP contribution in [0.15, 0.2) is 122 Å². The molecule has 0 aliphatic heterocycles. The monoisotopic (exact) mass is 1150 g/mol. The first-order valence-corrected chi connectivity index (χ1v) is 35.0. The lowest BCUT2D eigenvalue weighted by atomic mass is 10.0. The summed E-state index contributed by atoms with van der Waals surface area (Å²) in [6.07, 6.45) is 98.4. The summed E-state index contributed by atoms with van der Waals surface area (Å²) in [6, 6.07) is 0. The molecule has 6 nitrogen and oxygen atoms in total. The summed E-state index contributed by atoms with van der Waals surface area (Å²) >= 11 is 0. The van der Waals surface area contributed by atoms with E-state index in [1.165, 1.54) is 167 Å². The normalized spacial score (nSPS) is 12.9. The molecule has 0 saturated carbocycles. The Bertz CT molecular complexity index is 1700. The van der Waals surface area contributed by atoms with Crippen molar-refractivity contribution in [2.24, 2.45) is 0 Å². The minimum atomic E-state index is -0.794. The fraction of sp³-hybridized carbons (Fsp3) is 0.701. The Kier molecular flexibility index (Phi) is 66.7. The van der Waals surface area contributed by atoms with E-state index < -0.39 is 6.10 Å². The summed E-state index contributed by atoms with van der Waals surface area (Å²) in [5.74, 6) is -0.937. The van der Waals surface area contributed by atoms with E-state index in [9.17, 15) is 14.4 Å². The quantitative estimate of drug-likeness (QED) is 0.0261. The summed E-state index contributed by atoms with van der Waals surface area (Å²) in [5, 5.41) is 0. The second-order valence-electron chi connectivity index (χ2n) is 23.1. The largest absolute Gasteiger partial charge is 0.462 e. The van der Waals surface area contributed by atoms with Crippen LogP contribution in [0.2, 0.25) is 0 Å². The molecule has 0 aromatic carbocycles. The minimum absolute atomic E-state index is 0.0909. The Hall–Kier alpha value is -4.19. The van der Waals surface area contributed by atoms with Gasteiger partial charge in [-0.1, -0.05) is 335 Å². The Morgan fingerprint density at radius 3 is 0.735 bits per heavy atom. The van der Waals surface area contributed by atoms with Gasteiger partial charge in [0.15, 0.2) is 6.10 Å². The van der Waals surface area contributed by atoms with Crippen molar-refractivity contribution in [3.8, 4) is 0 Å². The third-order valence-electron chi connectivity index (χ3n) is 15.0. The average Bonchev–Trinajstić information content (AvgIpc) is 3.49. The molecule has 0 aromatic rings. The van der Waals surface area contributed by atoms with E-state index in [-0.39, 0.29) is 31.1 Å². The first-order chi connectivity index (χ1) is 41.0. The van der Waals surface area contributed by atoms with E-state index in [0.29, 0.717) is 19.3 Å². The lowest BCUT2D eigenvalue weighted by Gasteiger charge is -2.18. The molecule has 0 bridgehead atoms. The first kappa shape index (κ1) is 78.8. The van der Waals surface area contributed by atoms with Gasteiger partial charge in [0.1, 0.15) is 13.2 Å². The van der Waals surface area contributed by atoms with Crippen LogP contribution in [0, 0.1) is 0 Å². The molecule has 0 aromatic heterocycles. The van der Waals surface area contributed by atoms with E-state index in [1.54, 1.807) is 0 Å². The predicted molar refractivity (Wildman–Crippen MR) is 362 cm³/mol. The topological polar surface area (TPSA) is 78.9 Å². The van der Waals surface area contributed by atoms with Crippen LogP contribution in [0.1, 0.15) is 329 Å². The van der Waals surface area contributed by atoms with E-state index in [0.717, 1.165) is 122 Å². The van der Waals surface area contributed by atoms with Gasteiger partial charge < -0.3 is 14.2 Å². The fourth-order valence-corrected chi connectivity index (χ4v) is 9.77. The van der Waals surface area contributed by atoms with Gasteiger partial charge in [-0.3, -0.25) is 14.4 Å². The van der Waals surface area contributed by atoms with E-state index >= 15 is 0 Å². The highest BCUT2D eigenvalue weighted by Gasteiger charge is 2.19. The minimum Gasteiger partial charge on any atom is -0.462 e. The van der Waals surface area contributed by atoms with Crippen LogP contribution in [0.4, 0.5) is 0 Å². The molecule has 0 aliphatic carbocycles. The van der Waals surface area contributed by atoms with E-state index in [4.69, 9.17) is 14.2 Å². The van der Waals surface area contributed by atoms with Gasteiger partial charge in [0.05, 0.1) is 0 Å². The van der Waals surface area contributed by atoms with E-state index in [1.807, 2.05) is 0 Å². The Balaban J connectivity index is 4.14. The smallest absolute Gasteiger partial charge is 0.306 e. The Morgan fingerprint density at radius 2 is 0.470 bits per heavy atom. The number of ether oxygens (including phenoxy) is 3. The van der Waals surface area contributed by atoms with Crippen LogP contribution >= 0.6 is 0 Å². The molecule has 0 saturated heterocycles. The van der Waals surface area contributed by atoms with Crippen LogP contribution in [0.5, 0.6) is 0 Å². The van der Waals surface area contributed by atoms with Gasteiger partial charge in [-0.15, -0.1) is 0 Å². The van der Waals surface area contributed by atoms with Crippen molar-refractivity contribution in [1.82, 2.24) is 0 Å². The molecule has 0 N–H and O–H groups in total. The molecule has 1 atom stereocenters. The number of carbonyl (C=O) groups excluding carboxylic acids is 3. The maximum atomic E-state index is 12.9. The Morgan fingerprint density at radius 1 is 0.253 bits per heavy atom. The molecule has 0 fully saturated rings. The molecule has 6 heteroatoms. The molecule has 0 rings (SSSR count). The summed E-state index contributed by atoms with van der Waals surface area (Å²) < 4.78 is 16.8. The van der Waals surface area contributed by atoms with Crippen molar-refractivity contribution in [2.75, 3.05) is 13.2 Å². The van der Waals surface area contributed by atoms with Crippen molar-refractivity contribution < 1.29 is 28.6 Å². The molecular weight excluding hydrogens is 1020 g/mol. The second kappa shape index (κ2) is 70.3. The third kappa shape index (κ3) is 68.5. The summed E-state index contributed by atoms with van der Waals surface area (Å²) in [6.45, 7) is 6.46. The summed E-state index contributed by atoms with van der Waals surface area (Å²) in [7, 11) is 0. The van der Waals surface area contributed by atoms with Gasteiger partial charge in [0.2, 0.25) is 0 Å². The fourth-order valence-electron chi connectivity index (χ4n) is 9.77. The van der Waals surface area contributed by atoms with Crippen LogP contribution in [-0.4, -0.2) is 37.2 Å². The van der Waals surface area contributed by atoms with Crippen molar-refractivity contribution in [3.05, 3.63) is 122 Å². The predicted octanol–water partition coefficient (Wildman–Crippen LogP) is 24.3. The summed E-state index contributed by atoms with van der Waals surface area (Å²) in [5.41, 5.74) is 0. The molecule has 0 radical (unpaired) electrons. The maximum Gasteiger partial charge on any atom is 0.306 e. The van der Waals surface area contributed by atoms with Gasteiger partial charge in [-0.25, -0.2) is 0 Å². The zero-order chi connectivity index (χ0) is 59.9. The molecule has 1 unspecified atom stereocenters. The third-order valence-corrected chi connectivity index (χ3v) is 15.0. The Labute approximate surface area is 513 Å². The number of hydrogen-bond acceptors (Lipinski definition) is 6. The number of esters is 3. The van der Waals surface area contributed by atoms with Crippen LogP contribution in [0.3, 0.4) is 0 Å². The average molecular weight is 1150 g/mol. The SMILES string of the molecule is CC/C=C\C/C=C\C/C=C\C/C=C\C/C=C\C/C=C\C/C=C\C/C=C\C/C=C\C/C=C\CCCCC(=O)OCC(COC(=O)CCCCCCCC)OC(=O)CCCCCCCCCCCCCCCCCCCCCCCCCCCC. The molecule has 0 amide bonds. The maximum absolute atomic E-state index is 12.9. The number of allylic oxidation sites excluding steroid dienone is 20. The number of unbranched alkanes of at least 4 members (excludes halogenated alkanes) is 32. The van der Waals surface area contributed by atoms with Crippen LogP contribution in [-0.2, 0) is 28.6 Å². The van der Waals surface area contributed by atoms with Crippen molar-refractivity contribution in [1.29, 1.82) is 0 Å².